The Bertz CT molecular complexity index is 1070. The summed E-state index contributed by atoms with van der Waals surface area (Å²) < 4.78 is 6.13. The minimum atomic E-state index is -0.496. The van der Waals surface area contributed by atoms with Gasteiger partial charge in [-0.3, -0.25) is 4.98 Å². The van der Waals surface area contributed by atoms with E-state index in [2.05, 4.69) is 60.4 Å². The lowest BCUT2D eigenvalue weighted by Crippen LogP contribution is -2.51. The van der Waals surface area contributed by atoms with E-state index in [0.717, 1.165) is 62.7 Å². The molecule has 0 spiro atoms. The maximum Gasteiger partial charge on any atom is 0.120 e. The van der Waals surface area contributed by atoms with Crippen molar-refractivity contribution in [2.45, 2.75) is 75.9 Å². The van der Waals surface area contributed by atoms with E-state index in [0.29, 0.717) is 12.5 Å². The second-order valence-electron chi connectivity index (χ2n) is 10.2. The fraction of sp³-hybridized carbons (Fsp3) is 0.433. The summed E-state index contributed by atoms with van der Waals surface area (Å²) in [5.41, 5.74) is 4.98. The van der Waals surface area contributed by atoms with Gasteiger partial charge in [0.2, 0.25) is 0 Å². The van der Waals surface area contributed by atoms with Crippen molar-refractivity contribution < 1.29 is 9.84 Å². The molecule has 33 heavy (non-hydrogen) atoms. The third-order valence-corrected chi connectivity index (χ3v) is 8.03. The van der Waals surface area contributed by atoms with Crippen molar-refractivity contribution in [2.24, 2.45) is 5.92 Å². The molecule has 0 bridgehead atoms. The summed E-state index contributed by atoms with van der Waals surface area (Å²) in [5.74, 6) is 1.45. The number of nitrogens with zero attached hydrogens (tertiary/aromatic N) is 1. The number of rotatable bonds is 7. The number of hydrogen-bond donors (Lipinski definition) is 1. The first-order valence-corrected chi connectivity index (χ1v) is 12.5. The van der Waals surface area contributed by atoms with Crippen LogP contribution in [0, 0.1) is 5.92 Å². The summed E-state index contributed by atoms with van der Waals surface area (Å²) in [6.45, 7) is 2.72. The van der Waals surface area contributed by atoms with Gasteiger partial charge in [-0.25, -0.2) is 0 Å². The van der Waals surface area contributed by atoms with E-state index in [1.54, 1.807) is 6.20 Å². The number of pyridine rings is 1. The zero-order valence-electron chi connectivity index (χ0n) is 19.7. The maximum absolute atomic E-state index is 11.3. The van der Waals surface area contributed by atoms with Gasteiger partial charge in [-0.2, -0.15) is 0 Å². The van der Waals surface area contributed by atoms with Crippen LogP contribution in [0.2, 0.25) is 0 Å². The molecule has 1 N–H and O–H groups in total. The van der Waals surface area contributed by atoms with E-state index < -0.39 is 5.60 Å². The van der Waals surface area contributed by atoms with Crippen LogP contribution < -0.4 is 4.74 Å². The molecule has 2 aliphatic carbocycles. The average molecular weight is 442 g/mol. The predicted molar refractivity (Wildman–Crippen MR) is 132 cm³/mol. The smallest absolute Gasteiger partial charge is 0.120 e. The monoisotopic (exact) mass is 441 g/mol. The summed E-state index contributed by atoms with van der Waals surface area (Å²) in [5, 5.41) is 11.3. The molecule has 3 aromatic rings. The third kappa shape index (κ3) is 4.56. The summed E-state index contributed by atoms with van der Waals surface area (Å²) in [4.78, 5) is 4.19. The Morgan fingerprint density at radius 3 is 2.67 bits per heavy atom. The molecule has 1 fully saturated rings. The zero-order valence-corrected chi connectivity index (χ0v) is 19.7. The Hall–Kier alpha value is -2.65. The predicted octanol–water partition coefficient (Wildman–Crippen LogP) is 6.42. The van der Waals surface area contributed by atoms with E-state index in [4.69, 9.17) is 4.74 Å². The highest BCUT2D eigenvalue weighted by Crippen LogP contribution is 2.55. The van der Waals surface area contributed by atoms with Gasteiger partial charge in [0.05, 0.1) is 5.60 Å². The molecule has 0 amide bonds. The minimum absolute atomic E-state index is 0.0940. The molecular formula is C30H35NO2. The number of aromatic nitrogens is 1. The van der Waals surface area contributed by atoms with Gasteiger partial charge in [0.25, 0.3) is 0 Å². The first kappa shape index (κ1) is 22.2. The molecular weight excluding hydrogens is 406 g/mol. The number of benzene rings is 2. The molecule has 5 rings (SSSR count). The summed E-state index contributed by atoms with van der Waals surface area (Å²) in [6.07, 6.45) is 11.7. The van der Waals surface area contributed by atoms with Gasteiger partial charge in [-0.1, -0.05) is 55.8 Å². The lowest BCUT2D eigenvalue weighted by Gasteiger charge is -2.53. The topological polar surface area (TPSA) is 42.4 Å². The van der Waals surface area contributed by atoms with Crippen molar-refractivity contribution >= 4 is 0 Å². The average Bonchev–Trinajstić information content (AvgIpc) is 2.84. The van der Waals surface area contributed by atoms with Gasteiger partial charge < -0.3 is 9.84 Å². The highest BCUT2D eigenvalue weighted by molar-refractivity contribution is 5.45. The summed E-state index contributed by atoms with van der Waals surface area (Å²) in [7, 11) is 0. The van der Waals surface area contributed by atoms with Gasteiger partial charge >= 0.3 is 0 Å². The molecule has 0 saturated heterocycles. The minimum Gasteiger partial charge on any atom is -0.489 e. The number of aliphatic hydroxyl groups is 1. The number of aryl methyl sites for hydroxylation is 1. The standard InChI is InChI=1S/C30H35NO2/c1-2-14-29(32)15-16-30(19-23-7-4-3-5-8-23)26(20-29)11-10-25-18-27(12-13-28(25)30)33-22-24-9-6-17-31-21-24/h3-9,12-13,17-18,21,26,32H,2,10-11,14-16,19-20,22H2,1H3. The largest absolute Gasteiger partial charge is 0.489 e. The molecule has 0 aliphatic heterocycles. The molecule has 172 valence electrons. The molecule has 1 aromatic heterocycles. The van der Waals surface area contributed by atoms with Gasteiger partial charge in [0.1, 0.15) is 12.4 Å². The van der Waals surface area contributed by atoms with Crippen LogP contribution in [0.25, 0.3) is 0 Å². The van der Waals surface area contributed by atoms with Gasteiger partial charge in [0.15, 0.2) is 0 Å². The molecule has 1 saturated carbocycles. The van der Waals surface area contributed by atoms with Crippen molar-refractivity contribution in [2.75, 3.05) is 0 Å². The van der Waals surface area contributed by atoms with Gasteiger partial charge in [-0.05, 0) is 85.8 Å². The Morgan fingerprint density at radius 1 is 1.03 bits per heavy atom. The Labute approximate surface area is 197 Å². The van der Waals surface area contributed by atoms with E-state index in [1.165, 1.54) is 16.7 Å². The highest BCUT2D eigenvalue weighted by Gasteiger charge is 2.51. The van der Waals surface area contributed by atoms with Crippen molar-refractivity contribution in [1.82, 2.24) is 4.98 Å². The normalized spacial score (nSPS) is 26.3. The highest BCUT2D eigenvalue weighted by atomic mass is 16.5. The molecule has 1 heterocycles. The van der Waals surface area contributed by atoms with Crippen LogP contribution in [0.4, 0.5) is 0 Å². The van der Waals surface area contributed by atoms with Crippen LogP contribution in [-0.2, 0) is 24.9 Å². The Morgan fingerprint density at radius 2 is 1.88 bits per heavy atom. The molecule has 2 aliphatic rings. The maximum atomic E-state index is 11.3. The molecule has 3 heteroatoms. The third-order valence-electron chi connectivity index (χ3n) is 8.03. The van der Waals surface area contributed by atoms with Crippen molar-refractivity contribution in [3.63, 3.8) is 0 Å². The van der Waals surface area contributed by atoms with Crippen LogP contribution in [0.5, 0.6) is 5.75 Å². The van der Waals surface area contributed by atoms with Crippen molar-refractivity contribution in [3.8, 4) is 5.75 Å². The Kier molecular flexibility index (Phi) is 6.25. The van der Waals surface area contributed by atoms with Crippen LogP contribution in [-0.4, -0.2) is 15.7 Å². The quantitative estimate of drug-likeness (QED) is 0.460. The van der Waals surface area contributed by atoms with Gasteiger partial charge in [-0.15, -0.1) is 0 Å². The number of fused-ring (bicyclic) bond motifs is 3. The zero-order chi connectivity index (χ0) is 22.7. The van der Waals surface area contributed by atoms with E-state index >= 15 is 0 Å². The molecule has 3 unspecified atom stereocenters. The second-order valence-corrected chi connectivity index (χ2v) is 10.2. The number of ether oxygens (including phenoxy) is 1. The van der Waals surface area contributed by atoms with Crippen molar-refractivity contribution in [3.05, 3.63) is 95.3 Å². The summed E-state index contributed by atoms with van der Waals surface area (Å²) in [6, 6.07) is 21.7. The van der Waals surface area contributed by atoms with E-state index in [1.807, 2.05) is 18.3 Å². The first-order valence-electron chi connectivity index (χ1n) is 12.5. The van der Waals surface area contributed by atoms with Gasteiger partial charge in [0, 0.05) is 23.4 Å². The molecule has 3 atom stereocenters. The molecule has 3 nitrogen and oxygen atoms in total. The SMILES string of the molecule is CCCC1(O)CCC2(Cc3ccccc3)c3ccc(OCc4cccnc4)cc3CCC2C1. The fourth-order valence-electron chi connectivity index (χ4n) is 6.46. The first-order chi connectivity index (χ1) is 16.1. The van der Waals surface area contributed by atoms with Crippen molar-refractivity contribution in [1.29, 1.82) is 0 Å². The lowest BCUT2D eigenvalue weighted by molar-refractivity contribution is -0.0565. The molecule has 0 radical (unpaired) electrons. The summed E-state index contributed by atoms with van der Waals surface area (Å²) >= 11 is 0. The van der Waals surface area contributed by atoms with Crippen LogP contribution in [0.15, 0.2) is 73.1 Å². The van der Waals surface area contributed by atoms with Crippen LogP contribution in [0.1, 0.15) is 67.7 Å². The molecule has 2 aromatic carbocycles. The van der Waals surface area contributed by atoms with E-state index in [9.17, 15) is 5.11 Å². The van der Waals surface area contributed by atoms with Crippen LogP contribution in [0.3, 0.4) is 0 Å². The Balaban J connectivity index is 1.45. The van der Waals surface area contributed by atoms with E-state index in [-0.39, 0.29) is 5.41 Å². The second kappa shape index (κ2) is 9.30. The fourth-order valence-corrected chi connectivity index (χ4v) is 6.46. The number of hydrogen-bond acceptors (Lipinski definition) is 3. The lowest BCUT2D eigenvalue weighted by atomic mass is 9.52. The van der Waals surface area contributed by atoms with Crippen LogP contribution >= 0.6 is 0 Å².